The van der Waals surface area contributed by atoms with Gasteiger partial charge < -0.3 is 10.2 Å². The van der Waals surface area contributed by atoms with Gasteiger partial charge in [-0.05, 0) is 30.7 Å². The number of hydrogen-bond donors (Lipinski definition) is 1. The third kappa shape index (κ3) is 5.87. The summed E-state index contributed by atoms with van der Waals surface area (Å²) >= 11 is 0. The van der Waals surface area contributed by atoms with Crippen LogP contribution in [0.4, 0.5) is 0 Å². The van der Waals surface area contributed by atoms with Gasteiger partial charge in [-0.3, -0.25) is 0 Å². The van der Waals surface area contributed by atoms with Gasteiger partial charge in [-0.1, -0.05) is 27.7 Å². The van der Waals surface area contributed by atoms with E-state index in [1.54, 1.807) is 0 Å². The van der Waals surface area contributed by atoms with Crippen molar-refractivity contribution in [3.05, 3.63) is 17.8 Å². The lowest BCUT2D eigenvalue weighted by Gasteiger charge is -2.22. The average molecular weight is 238 g/mol. The van der Waals surface area contributed by atoms with Gasteiger partial charge in [0, 0.05) is 12.8 Å². The van der Waals surface area contributed by atoms with Crippen LogP contribution in [-0.2, 0) is 12.8 Å². The molecular formula is C14H26N2O. The Balaban J connectivity index is 2.43. The van der Waals surface area contributed by atoms with Gasteiger partial charge in [0.2, 0.25) is 0 Å². The number of nitrogens with zero attached hydrogens (tertiary/aromatic N) is 1. The molecule has 0 aliphatic carbocycles. The Labute approximate surface area is 105 Å². The van der Waals surface area contributed by atoms with Crippen molar-refractivity contribution in [1.29, 1.82) is 0 Å². The van der Waals surface area contributed by atoms with Gasteiger partial charge in [-0.2, -0.15) is 0 Å². The molecule has 2 N–H and O–H groups in total. The van der Waals surface area contributed by atoms with Crippen LogP contribution in [-0.4, -0.2) is 11.5 Å². The summed E-state index contributed by atoms with van der Waals surface area (Å²) in [5, 5.41) is 0. The largest absolute Gasteiger partial charge is 0.446 e. The molecule has 1 atom stereocenters. The molecule has 0 spiro atoms. The van der Waals surface area contributed by atoms with E-state index in [4.69, 9.17) is 10.2 Å². The second-order valence-electron chi connectivity index (χ2n) is 6.19. The van der Waals surface area contributed by atoms with Crippen LogP contribution in [0.1, 0.15) is 52.2 Å². The molecule has 17 heavy (non-hydrogen) atoms. The summed E-state index contributed by atoms with van der Waals surface area (Å²) in [6, 6.07) is 0. The molecular weight excluding hydrogens is 212 g/mol. The van der Waals surface area contributed by atoms with Crippen LogP contribution in [0.2, 0.25) is 0 Å². The van der Waals surface area contributed by atoms with Crippen molar-refractivity contribution in [2.75, 3.05) is 6.54 Å². The zero-order valence-electron chi connectivity index (χ0n) is 11.6. The third-order valence-corrected chi connectivity index (χ3v) is 2.71. The van der Waals surface area contributed by atoms with E-state index in [9.17, 15) is 0 Å². The minimum atomic E-state index is 0.377. The highest BCUT2D eigenvalue weighted by Crippen LogP contribution is 2.26. The molecule has 0 amide bonds. The van der Waals surface area contributed by atoms with Gasteiger partial charge in [0.1, 0.15) is 5.76 Å². The molecule has 0 aliphatic rings. The Kier molecular flexibility index (Phi) is 5.19. The van der Waals surface area contributed by atoms with Crippen LogP contribution in [0, 0.1) is 11.3 Å². The summed E-state index contributed by atoms with van der Waals surface area (Å²) in [7, 11) is 0. The minimum absolute atomic E-state index is 0.377. The van der Waals surface area contributed by atoms with Gasteiger partial charge in [0.25, 0.3) is 0 Å². The zero-order chi connectivity index (χ0) is 12.9. The standard InChI is InChI=1S/C14H26N2O/c1-11(9-14(2,3)4)8-12-10-16-13(17-12)6-5-7-15/h10-11H,5-9,15H2,1-4H3. The van der Waals surface area contributed by atoms with Crippen LogP contribution >= 0.6 is 0 Å². The second-order valence-corrected chi connectivity index (χ2v) is 6.19. The number of aryl methyl sites for hydroxylation is 1. The lowest BCUT2D eigenvalue weighted by atomic mass is 9.84. The van der Waals surface area contributed by atoms with E-state index in [1.807, 2.05) is 6.20 Å². The summed E-state index contributed by atoms with van der Waals surface area (Å²) in [4.78, 5) is 4.28. The maximum atomic E-state index is 5.70. The van der Waals surface area contributed by atoms with Gasteiger partial charge in [-0.15, -0.1) is 0 Å². The molecule has 0 saturated carbocycles. The molecule has 3 heteroatoms. The second kappa shape index (κ2) is 6.20. The molecule has 0 aromatic carbocycles. The number of rotatable bonds is 6. The van der Waals surface area contributed by atoms with Crippen LogP contribution in [0.25, 0.3) is 0 Å². The van der Waals surface area contributed by atoms with Crippen LogP contribution in [0.15, 0.2) is 10.6 Å². The monoisotopic (exact) mass is 238 g/mol. The molecule has 3 nitrogen and oxygen atoms in total. The fourth-order valence-electron chi connectivity index (χ4n) is 2.27. The van der Waals surface area contributed by atoms with E-state index in [0.29, 0.717) is 17.9 Å². The number of aromatic nitrogens is 1. The molecule has 0 radical (unpaired) electrons. The number of hydrogen-bond acceptors (Lipinski definition) is 3. The summed E-state index contributed by atoms with van der Waals surface area (Å²) in [6.07, 6.45) is 5.84. The van der Waals surface area contributed by atoms with Crippen molar-refractivity contribution in [1.82, 2.24) is 4.98 Å². The van der Waals surface area contributed by atoms with Crippen molar-refractivity contribution >= 4 is 0 Å². The Morgan fingerprint density at radius 3 is 2.71 bits per heavy atom. The first-order chi connectivity index (χ1) is 7.90. The van der Waals surface area contributed by atoms with E-state index in [2.05, 4.69) is 32.7 Å². The van der Waals surface area contributed by atoms with E-state index in [1.165, 1.54) is 6.42 Å². The highest BCUT2D eigenvalue weighted by molar-refractivity contribution is 4.96. The van der Waals surface area contributed by atoms with Crippen molar-refractivity contribution in [2.45, 2.75) is 53.4 Å². The van der Waals surface area contributed by atoms with Crippen molar-refractivity contribution < 1.29 is 4.42 Å². The zero-order valence-corrected chi connectivity index (χ0v) is 11.6. The molecule has 1 unspecified atom stereocenters. The van der Waals surface area contributed by atoms with Crippen molar-refractivity contribution in [3.8, 4) is 0 Å². The Hall–Kier alpha value is -0.830. The first kappa shape index (κ1) is 14.2. The summed E-state index contributed by atoms with van der Waals surface area (Å²) in [5.74, 6) is 2.47. The molecule has 0 aliphatic heterocycles. The first-order valence-electron chi connectivity index (χ1n) is 6.54. The van der Waals surface area contributed by atoms with Gasteiger partial charge in [0.15, 0.2) is 5.89 Å². The van der Waals surface area contributed by atoms with Crippen LogP contribution in [0.3, 0.4) is 0 Å². The fourth-order valence-corrected chi connectivity index (χ4v) is 2.27. The van der Waals surface area contributed by atoms with E-state index < -0.39 is 0 Å². The predicted octanol–water partition coefficient (Wildman–Crippen LogP) is 3.18. The molecule has 0 saturated heterocycles. The highest BCUT2D eigenvalue weighted by Gasteiger charge is 2.17. The molecule has 1 rings (SSSR count). The highest BCUT2D eigenvalue weighted by atomic mass is 16.4. The molecule has 1 aromatic rings. The van der Waals surface area contributed by atoms with Gasteiger partial charge >= 0.3 is 0 Å². The van der Waals surface area contributed by atoms with Crippen LogP contribution in [0.5, 0.6) is 0 Å². The third-order valence-electron chi connectivity index (χ3n) is 2.71. The lowest BCUT2D eigenvalue weighted by Crippen LogP contribution is -2.12. The Bertz CT molecular complexity index is 325. The normalized spacial score (nSPS) is 13.9. The average Bonchev–Trinajstić information content (AvgIpc) is 2.59. The summed E-state index contributed by atoms with van der Waals surface area (Å²) in [6.45, 7) is 9.79. The quantitative estimate of drug-likeness (QED) is 0.828. The number of nitrogens with two attached hydrogens (primary N) is 1. The Morgan fingerprint density at radius 2 is 2.12 bits per heavy atom. The summed E-state index contributed by atoms with van der Waals surface area (Å²) in [5.41, 5.74) is 5.84. The van der Waals surface area contributed by atoms with E-state index in [-0.39, 0.29) is 0 Å². The van der Waals surface area contributed by atoms with Crippen molar-refractivity contribution in [3.63, 3.8) is 0 Å². The molecule has 98 valence electrons. The van der Waals surface area contributed by atoms with Gasteiger partial charge in [0.05, 0.1) is 6.20 Å². The molecule has 1 heterocycles. The van der Waals surface area contributed by atoms with E-state index >= 15 is 0 Å². The first-order valence-corrected chi connectivity index (χ1v) is 6.54. The molecule has 0 bridgehead atoms. The SMILES string of the molecule is CC(Cc1cnc(CCCN)o1)CC(C)(C)C. The lowest BCUT2D eigenvalue weighted by molar-refractivity contribution is 0.294. The molecule has 0 fully saturated rings. The Morgan fingerprint density at radius 1 is 1.41 bits per heavy atom. The smallest absolute Gasteiger partial charge is 0.194 e. The maximum Gasteiger partial charge on any atom is 0.194 e. The maximum absolute atomic E-state index is 5.70. The summed E-state index contributed by atoms with van der Waals surface area (Å²) < 4.78 is 5.70. The fraction of sp³-hybridized carbons (Fsp3) is 0.786. The number of oxazole rings is 1. The molecule has 1 aromatic heterocycles. The topological polar surface area (TPSA) is 52.0 Å². The predicted molar refractivity (Wildman–Crippen MR) is 70.8 cm³/mol. The minimum Gasteiger partial charge on any atom is -0.446 e. The van der Waals surface area contributed by atoms with Gasteiger partial charge in [-0.25, -0.2) is 4.98 Å². The van der Waals surface area contributed by atoms with Crippen molar-refractivity contribution in [2.24, 2.45) is 17.1 Å². The van der Waals surface area contributed by atoms with Crippen LogP contribution < -0.4 is 5.73 Å². The van der Waals surface area contributed by atoms with E-state index in [0.717, 1.165) is 30.9 Å².